The summed E-state index contributed by atoms with van der Waals surface area (Å²) in [6.07, 6.45) is 0. The number of hydrogen-bond acceptors (Lipinski definition) is 3. The second kappa shape index (κ2) is 5.93. The molecule has 0 radical (unpaired) electrons. The molecule has 1 aromatic carbocycles. The van der Waals surface area contributed by atoms with Crippen LogP contribution in [-0.2, 0) is 4.79 Å². The van der Waals surface area contributed by atoms with Crippen LogP contribution in [0.1, 0.15) is 31.1 Å². The number of nitrogens with zero attached hydrogens (tertiary/aromatic N) is 3. The van der Waals surface area contributed by atoms with Gasteiger partial charge in [0.2, 0.25) is 5.91 Å². The van der Waals surface area contributed by atoms with Crippen molar-refractivity contribution in [3.8, 4) is 5.75 Å². The zero-order chi connectivity index (χ0) is 15.7. The summed E-state index contributed by atoms with van der Waals surface area (Å²) in [5.74, 6) is 1.40. The maximum atomic E-state index is 12.3. The summed E-state index contributed by atoms with van der Waals surface area (Å²) in [7, 11) is 5.09. The Morgan fingerprint density at radius 3 is 2.57 bits per heavy atom. The fourth-order valence-corrected chi connectivity index (χ4v) is 2.54. The van der Waals surface area contributed by atoms with E-state index in [1.54, 1.807) is 26.1 Å². The number of methoxy groups -OCH3 is 1. The van der Waals surface area contributed by atoms with E-state index in [0.29, 0.717) is 5.82 Å². The van der Waals surface area contributed by atoms with Crippen LogP contribution in [0.25, 0.3) is 11.0 Å². The molecule has 2 rings (SSSR count). The minimum Gasteiger partial charge on any atom is -0.497 e. The van der Waals surface area contributed by atoms with E-state index in [9.17, 15) is 4.79 Å². The summed E-state index contributed by atoms with van der Waals surface area (Å²) in [5.41, 5.74) is 1.65. The van der Waals surface area contributed by atoms with Crippen molar-refractivity contribution < 1.29 is 9.53 Å². The van der Waals surface area contributed by atoms with Crippen LogP contribution < -0.4 is 4.74 Å². The van der Waals surface area contributed by atoms with E-state index in [2.05, 4.69) is 4.98 Å². The Morgan fingerprint density at radius 1 is 1.38 bits per heavy atom. The maximum absolute atomic E-state index is 12.3. The van der Waals surface area contributed by atoms with Gasteiger partial charge in [-0.1, -0.05) is 0 Å². The van der Waals surface area contributed by atoms with Gasteiger partial charge in [0.1, 0.15) is 17.6 Å². The molecule has 0 aliphatic heterocycles. The number of fused-ring (bicyclic) bond motifs is 1. The zero-order valence-electron chi connectivity index (χ0n) is 12.9. The van der Waals surface area contributed by atoms with Crippen molar-refractivity contribution in [1.82, 2.24) is 14.5 Å². The fourth-order valence-electron chi connectivity index (χ4n) is 2.39. The van der Waals surface area contributed by atoms with Crippen molar-refractivity contribution in [3.63, 3.8) is 0 Å². The average molecular weight is 310 g/mol. The largest absolute Gasteiger partial charge is 0.497 e. The second-order valence-corrected chi connectivity index (χ2v) is 5.87. The number of alkyl halides is 1. The average Bonchev–Trinajstić information content (AvgIpc) is 2.83. The number of halogens is 1. The maximum Gasteiger partial charge on any atom is 0.244 e. The van der Waals surface area contributed by atoms with E-state index in [4.69, 9.17) is 16.3 Å². The van der Waals surface area contributed by atoms with E-state index in [-0.39, 0.29) is 17.3 Å². The van der Waals surface area contributed by atoms with Crippen molar-refractivity contribution in [2.24, 2.45) is 0 Å². The van der Waals surface area contributed by atoms with Crippen molar-refractivity contribution in [1.29, 1.82) is 0 Å². The first kappa shape index (κ1) is 15.6. The number of amides is 1. The van der Waals surface area contributed by atoms with Crippen LogP contribution in [0.15, 0.2) is 18.2 Å². The van der Waals surface area contributed by atoms with Crippen LogP contribution in [0.5, 0.6) is 5.75 Å². The third kappa shape index (κ3) is 2.83. The number of carbonyl (C=O) groups is 1. The third-order valence-corrected chi connectivity index (χ3v) is 3.66. The summed E-state index contributed by atoms with van der Waals surface area (Å²) in [6, 6.07) is 5.22. The van der Waals surface area contributed by atoms with Gasteiger partial charge in [0.15, 0.2) is 0 Å². The van der Waals surface area contributed by atoms with Gasteiger partial charge < -0.3 is 14.2 Å². The molecule has 2 atom stereocenters. The molecule has 0 bridgehead atoms. The summed E-state index contributed by atoms with van der Waals surface area (Å²) in [6.45, 7) is 3.70. The number of hydrogen-bond donors (Lipinski definition) is 0. The molecule has 1 aromatic heterocycles. The lowest BCUT2D eigenvalue weighted by atomic mass is 10.2. The number of carbonyl (C=O) groups excluding carboxylic acids is 1. The monoisotopic (exact) mass is 309 g/mol. The number of imidazole rings is 1. The lowest BCUT2D eigenvalue weighted by Crippen LogP contribution is -2.30. The van der Waals surface area contributed by atoms with E-state index in [1.165, 1.54) is 0 Å². The van der Waals surface area contributed by atoms with Crippen molar-refractivity contribution >= 4 is 28.5 Å². The highest BCUT2D eigenvalue weighted by molar-refractivity contribution is 6.20. The number of aromatic nitrogens is 2. The number of benzene rings is 1. The van der Waals surface area contributed by atoms with Crippen LogP contribution in [-0.4, -0.2) is 41.6 Å². The first-order valence-electron chi connectivity index (χ1n) is 6.78. The molecule has 1 amide bonds. The highest BCUT2D eigenvalue weighted by atomic mass is 35.5. The molecular formula is C15H20ClN3O2. The Labute approximate surface area is 129 Å². The smallest absolute Gasteiger partial charge is 0.244 e. The summed E-state index contributed by atoms with van der Waals surface area (Å²) < 4.78 is 7.15. The highest BCUT2D eigenvalue weighted by Crippen LogP contribution is 2.30. The van der Waals surface area contributed by atoms with Gasteiger partial charge in [-0.15, -0.1) is 11.6 Å². The van der Waals surface area contributed by atoms with E-state index < -0.39 is 0 Å². The quantitative estimate of drug-likeness (QED) is 0.816. The topological polar surface area (TPSA) is 47.4 Å². The lowest BCUT2D eigenvalue weighted by molar-refractivity contribution is -0.131. The normalized spacial score (nSPS) is 14.0. The standard InChI is InChI=1S/C15H20ClN3O2/c1-9(16)14-17-12-7-6-11(21-5)8-13(12)19(14)10(2)15(20)18(3)4/h6-10H,1-5H3. The molecule has 0 saturated carbocycles. The lowest BCUT2D eigenvalue weighted by Gasteiger charge is -2.21. The molecule has 0 aliphatic carbocycles. The Morgan fingerprint density at radius 2 is 2.05 bits per heavy atom. The molecule has 114 valence electrons. The molecule has 6 heteroatoms. The molecule has 0 aliphatic rings. The summed E-state index contributed by atoms with van der Waals surface area (Å²) in [5, 5.41) is -0.291. The van der Waals surface area contributed by atoms with Gasteiger partial charge in [-0.3, -0.25) is 4.79 Å². The van der Waals surface area contributed by atoms with Gasteiger partial charge in [0.05, 0.1) is 23.5 Å². The Bertz CT molecular complexity index is 664. The Balaban J connectivity index is 2.67. The van der Waals surface area contributed by atoms with Gasteiger partial charge in [0.25, 0.3) is 0 Å². The molecule has 0 saturated heterocycles. The molecular weight excluding hydrogens is 290 g/mol. The van der Waals surface area contributed by atoms with Gasteiger partial charge in [0, 0.05) is 20.2 Å². The number of ether oxygens (including phenoxy) is 1. The fraction of sp³-hybridized carbons (Fsp3) is 0.467. The highest BCUT2D eigenvalue weighted by Gasteiger charge is 2.24. The first-order chi connectivity index (χ1) is 9.86. The van der Waals surface area contributed by atoms with Crippen LogP contribution in [0.2, 0.25) is 0 Å². The van der Waals surface area contributed by atoms with E-state index >= 15 is 0 Å². The summed E-state index contributed by atoms with van der Waals surface area (Å²) >= 11 is 6.24. The van der Waals surface area contributed by atoms with E-state index in [1.807, 2.05) is 36.6 Å². The van der Waals surface area contributed by atoms with Gasteiger partial charge in [-0.05, 0) is 26.0 Å². The van der Waals surface area contributed by atoms with Gasteiger partial charge in [-0.25, -0.2) is 4.98 Å². The van der Waals surface area contributed by atoms with Crippen molar-refractivity contribution in [3.05, 3.63) is 24.0 Å². The van der Waals surface area contributed by atoms with Crippen LogP contribution in [0.4, 0.5) is 0 Å². The molecule has 21 heavy (non-hydrogen) atoms. The van der Waals surface area contributed by atoms with Gasteiger partial charge >= 0.3 is 0 Å². The molecule has 5 nitrogen and oxygen atoms in total. The van der Waals surface area contributed by atoms with E-state index in [0.717, 1.165) is 16.8 Å². The predicted octanol–water partition coefficient (Wildman–Crippen LogP) is 2.99. The molecule has 2 aromatic rings. The summed E-state index contributed by atoms with van der Waals surface area (Å²) in [4.78, 5) is 18.4. The molecule has 2 unspecified atom stereocenters. The van der Waals surface area contributed by atoms with Crippen LogP contribution >= 0.6 is 11.6 Å². The van der Waals surface area contributed by atoms with Crippen LogP contribution in [0, 0.1) is 0 Å². The zero-order valence-corrected chi connectivity index (χ0v) is 13.7. The second-order valence-electron chi connectivity index (χ2n) is 5.22. The third-order valence-electron chi connectivity index (χ3n) is 3.47. The van der Waals surface area contributed by atoms with Crippen molar-refractivity contribution in [2.45, 2.75) is 25.3 Å². The first-order valence-corrected chi connectivity index (χ1v) is 7.21. The van der Waals surface area contributed by atoms with Gasteiger partial charge in [-0.2, -0.15) is 0 Å². The van der Waals surface area contributed by atoms with Crippen molar-refractivity contribution in [2.75, 3.05) is 21.2 Å². The SMILES string of the molecule is COc1ccc2nc(C(C)Cl)n(C(C)C(=O)N(C)C)c2c1. The van der Waals surface area contributed by atoms with Crippen LogP contribution in [0.3, 0.4) is 0 Å². The minimum absolute atomic E-state index is 0.00399. The number of likely N-dealkylation sites (N-methyl/N-ethyl adjacent to an activating group) is 1. The Kier molecular flexibility index (Phi) is 4.42. The molecule has 1 heterocycles. The predicted molar refractivity (Wildman–Crippen MR) is 84.0 cm³/mol. The number of rotatable bonds is 4. The molecule has 0 fully saturated rings. The minimum atomic E-state index is -0.381. The Hall–Kier alpha value is -1.75. The molecule has 0 N–H and O–H groups in total. The molecule has 0 spiro atoms.